The van der Waals surface area contributed by atoms with E-state index in [0.717, 1.165) is 12.1 Å². The van der Waals surface area contributed by atoms with Gasteiger partial charge >= 0.3 is 24.6 Å². The fraction of sp³-hybridized carbons (Fsp3) is 0.611. The number of nitrogens with one attached hydrogen (secondary N) is 1. The molecule has 1 saturated carbocycles. The van der Waals surface area contributed by atoms with Crippen LogP contribution >= 0.6 is 0 Å². The van der Waals surface area contributed by atoms with E-state index in [1.807, 2.05) is 0 Å². The maximum atomic E-state index is 12.7. The summed E-state index contributed by atoms with van der Waals surface area (Å²) in [4.78, 5) is 28.2. The number of likely N-dealkylation sites (tertiary alicyclic amines) is 1. The van der Waals surface area contributed by atoms with Crippen LogP contribution in [0.1, 0.15) is 25.0 Å². The molecule has 2 fully saturated rings. The third-order valence-electron chi connectivity index (χ3n) is 5.63. The van der Waals surface area contributed by atoms with Gasteiger partial charge in [0.1, 0.15) is 11.5 Å². The maximum absolute atomic E-state index is 12.7. The van der Waals surface area contributed by atoms with E-state index in [1.165, 1.54) is 6.07 Å². The van der Waals surface area contributed by atoms with Crippen LogP contribution in [0, 0.1) is 11.3 Å². The van der Waals surface area contributed by atoms with Crippen molar-refractivity contribution in [3.63, 3.8) is 0 Å². The molecule has 6 nitrogen and oxygen atoms in total. The molecule has 3 rings (SSSR count). The van der Waals surface area contributed by atoms with Gasteiger partial charge in [0.15, 0.2) is 0 Å². The van der Waals surface area contributed by atoms with Crippen molar-refractivity contribution in [1.82, 2.24) is 9.88 Å². The van der Waals surface area contributed by atoms with E-state index in [2.05, 4.69) is 15.0 Å². The fourth-order valence-corrected chi connectivity index (χ4v) is 3.78. The smallest absolute Gasteiger partial charge is 0.426 e. The van der Waals surface area contributed by atoms with Crippen LogP contribution < -0.4 is 5.32 Å². The summed E-state index contributed by atoms with van der Waals surface area (Å²) in [5.74, 6) is -1.58. The Morgan fingerprint density at radius 2 is 1.61 bits per heavy atom. The number of ether oxygens (including phenoxy) is 1. The largest absolute Gasteiger partial charge is 0.434 e. The number of aromatic nitrogens is 1. The van der Waals surface area contributed by atoms with Crippen molar-refractivity contribution >= 4 is 17.8 Å². The van der Waals surface area contributed by atoms with Crippen LogP contribution in [0.4, 0.5) is 50.1 Å². The van der Waals surface area contributed by atoms with Crippen LogP contribution in [0.15, 0.2) is 18.2 Å². The summed E-state index contributed by atoms with van der Waals surface area (Å²) < 4.78 is 117. The molecule has 1 aliphatic carbocycles. The van der Waals surface area contributed by atoms with Gasteiger partial charge in [0, 0.05) is 19.0 Å². The van der Waals surface area contributed by atoms with Gasteiger partial charge < -0.3 is 15.0 Å². The number of rotatable bonds is 3. The van der Waals surface area contributed by atoms with Gasteiger partial charge in [-0.05, 0) is 36.8 Å². The van der Waals surface area contributed by atoms with Crippen molar-refractivity contribution in [2.75, 3.05) is 18.4 Å². The van der Waals surface area contributed by atoms with E-state index in [0.29, 0.717) is 11.3 Å². The predicted molar refractivity (Wildman–Crippen MR) is 91.6 cm³/mol. The quantitative estimate of drug-likeness (QED) is 0.616. The summed E-state index contributed by atoms with van der Waals surface area (Å²) in [7, 11) is 0. The average Bonchev–Trinajstić information content (AvgIpc) is 3.37. The third kappa shape index (κ3) is 5.61. The van der Waals surface area contributed by atoms with Crippen molar-refractivity contribution in [1.29, 1.82) is 0 Å². The second kappa shape index (κ2) is 8.24. The number of hydrogen-bond acceptors (Lipinski definition) is 4. The van der Waals surface area contributed by atoms with Crippen molar-refractivity contribution < 1.29 is 53.8 Å². The number of carbonyl (C=O) groups excluding carboxylic acids is 2. The summed E-state index contributed by atoms with van der Waals surface area (Å²) in [6.45, 7) is -0.486. The Morgan fingerprint density at radius 1 is 1.03 bits per heavy atom. The first-order valence-corrected chi connectivity index (χ1v) is 9.47. The van der Waals surface area contributed by atoms with Crippen molar-refractivity contribution in [3.8, 4) is 0 Å². The molecule has 1 N–H and O–H groups in total. The Labute approximate surface area is 180 Å². The number of nitrogens with zero attached hydrogens (tertiary/aromatic N) is 2. The Kier molecular flexibility index (Phi) is 6.21. The Bertz CT molecular complexity index is 892. The maximum Gasteiger partial charge on any atom is 0.434 e. The SMILES string of the molecule is O=C(Nc1cccc(C(F)(F)F)n1)[C@H]1CC12CCN(C(=O)OC(C(F)(F)F)C(F)(F)F)CC2. The highest BCUT2D eigenvalue weighted by Crippen LogP contribution is 2.59. The molecule has 2 aliphatic rings. The molecular formula is C18H16F9N3O3. The van der Waals surface area contributed by atoms with Crippen LogP contribution in [-0.2, 0) is 15.7 Å². The molecule has 1 aliphatic heterocycles. The van der Waals surface area contributed by atoms with Crippen molar-refractivity contribution in [3.05, 3.63) is 23.9 Å². The number of piperidine rings is 1. The highest BCUT2D eigenvalue weighted by Gasteiger charge is 2.61. The highest BCUT2D eigenvalue weighted by molar-refractivity contribution is 5.94. The molecule has 33 heavy (non-hydrogen) atoms. The predicted octanol–water partition coefficient (Wildman–Crippen LogP) is 4.77. The van der Waals surface area contributed by atoms with Gasteiger partial charge in [-0.2, -0.15) is 39.5 Å². The second-order valence-corrected chi connectivity index (χ2v) is 7.85. The van der Waals surface area contributed by atoms with Gasteiger partial charge in [0.05, 0.1) is 0 Å². The highest BCUT2D eigenvalue weighted by atomic mass is 19.4. The Morgan fingerprint density at radius 3 is 2.12 bits per heavy atom. The molecule has 1 saturated heterocycles. The van der Waals surface area contributed by atoms with Crippen LogP contribution in [-0.4, -0.2) is 53.4 Å². The molecule has 15 heteroatoms. The molecule has 184 valence electrons. The minimum Gasteiger partial charge on any atom is -0.426 e. The van der Waals surface area contributed by atoms with Gasteiger partial charge in [0.2, 0.25) is 5.91 Å². The molecule has 0 aromatic carbocycles. The molecule has 1 aromatic heterocycles. The van der Waals surface area contributed by atoms with Gasteiger partial charge in [-0.15, -0.1) is 0 Å². The number of carbonyl (C=O) groups is 2. The van der Waals surface area contributed by atoms with E-state index in [9.17, 15) is 49.1 Å². The molecule has 1 spiro atoms. The standard InChI is InChI=1S/C18H16F9N3O3/c19-16(20,21)10-2-1-3-11(28-10)29-12(31)9-8-15(9)4-6-30(7-5-15)14(32)33-13(17(22,23)24)18(25,26)27/h1-3,9,13H,4-8H2,(H,28,29,31)/t9-/m1/s1. The number of amides is 2. The minimum atomic E-state index is -5.83. The number of hydrogen-bond donors (Lipinski definition) is 1. The molecule has 0 radical (unpaired) electrons. The van der Waals surface area contributed by atoms with Crippen LogP contribution in [0.3, 0.4) is 0 Å². The van der Waals surface area contributed by atoms with Gasteiger partial charge in [-0.1, -0.05) is 6.07 Å². The summed E-state index contributed by atoms with van der Waals surface area (Å²) in [6, 6.07) is 2.96. The normalized spacial score (nSPS) is 20.7. The van der Waals surface area contributed by atoms with Gasteiger partial charge in [-0.25, -0.2) is 9.78 Å². The van der Waals surface area contributed by atoms with Crippen LogP contribution in [0.5, 0.6) is 0 Å². The zero-order valence-electron chi connectivity index (χ0n) is 16.4. The lowest BCUT2D eigenvalue weighted by Crippen LogP contribution is -2.49. The lowest BCUT2D eigenvalue weighted by molar-refractivity contribution is -0.308. The topological polar surface area (TPSA) is 71.5 Å². The summed E-state index contributed by atoms with van der Waals surface area (Å²) in [6.07, 6.45) is -21.9. The first-order valence-electron chi connectivity index (χ1n) is 9.47. The molecule has 0 unspecified atom stereocenters. The molecule has 0 bridgehead atoms. The molecule has 2 amide bonds. The lowest BCUT2D eigenvalue weighted by Gasteiger charge is -2.33. The monoisotopic (exact) mass is 493 g/mol. The minimum absolute atomic E-state index is 0.0961. The average molecular weight is 493 g/mol. The van der Waals surface area contributed by atoms with E-state index in [4.69, 9.17) is 0 Å². The second-order valence-electron chi connectivity index (χ2n) is 7.85. The first-order chi connectivity index (χ1) is 15.0. The van der Waals surface area contributed by atoms with Crippen molar-refractivity contribution in [2.24, 2.45) is 11.3 Å². The zero-order chi connectivity index (χ0) is 24.8. The zero-order valence-corrected chi connectivity index (χ0v) is 16.4. The molecule has 1 aromatic rings. The third-order valence-corrected chi connectivity index (χ3v) is 5.63. The summed E-state index contributed by atoms with van der Waals surface area (Å²) >= 11 is 0. The van der Waals surface area contributed by atoms with E-state index in [1.54, 1.807) is 0 Å². The number of halogens is 9. The summed E-state index contributed by atoms with van der Waals surface area (Å²) in [5, 5.41) is 2.28. The fourth-order valence-electron chi connectivity index (χ4n) is 3.78. The van der Waals surface area contributed by atoms with E-state index >= 15 is 0 Å². The number of pyridine rings is 1. The van der Waals surface area contributed by atoms with Gasteiger partial charge in [-0.3, -0.25) is 4.79 Å². The lowest BCUT2D eigenvalue weighted by atomic mass is 9.91. The van der Waals surface area contributed by atoms with E-state index in [-0.39, 0.29) is 31.7 Å². The molecule has 2 heterocycles. The summed E-state index contributed by atoms with van der Waals surface area (Å²) in [5.41, 5.74) is -1.86. The van der Waals surface area contributed by atoms with Crippen LogP contribution in [0.25, 0.3) is 0 Å². The van der Waals surface area contributed by atoms with Crippen LogP contribution in [0.2, 0.25) is 0 Å². The first kappa shape index (κ1) is 24.9. The Balaban J connectivity index is 1.55. The number of anilines is 1. The van der Waals surface area contributed by atoms with Crippen molar-refractivity contribution in [2.45, 2.75) is 43.9 Å². The van der Waals surface area contributed by atoms with E-state index < -0.39 is 53.7 Å². The molecule has 1 atom stereocenters. The molecular weight excluding hydrogens is 477 g/mol. The Hall–Kier alpha value is -2.74. The number of alkyl halides is 9. The van der Waals surface area contributed by atoms with Gasteiger partial charge in [0.25, 0.3) is 6.10 Å².